The molecule has 0 radical (unpaired) electrons. The number of methoxy groups -OCH3 is 1. The SMILES string of the molecule is COc1ccc(OCC(NC2CC2)(C(=O)O)C2CC2)cc1. The van der Waals surface area contributed by atoms with E-state index in [4.69, 9.17) is 9.47 Å². The summed E-state index contributed by atoms with van der Waals surface area (Å²) in [7, 11) is 1.61. The van der Waals surface area contributed by atoms with Crippen molar-refractivity contribution in [3.05, 3.63) is 24.3 Å². The Morgan fingerprint density at radius 2 is 1.86 bits per heavy atom. The Hall–Kier alpha value is -1.75. The molecule has 1 aromatic rings. The Balaban J connectivity index is 1.69. The zero-order chi connectivity index (χ0) is 14.9. The van der Waals surface area contributed by atoms with Gasteiger partial charge in [-0.25, -0.2) is 0 Å². The second-order valence-corrected chi connectivity index (χ2v) is 5.93. The van der Waals surface area contributed by atoms with E-state index in [0.29, 0.717) is 11.8 Å². The number of hydrogen-bond acceptors (Lipinski definition) is 4. The summed E-state index contributed by atoms with van der Waals surface area (Å²) < 4.78 is 10.9. The van der Waals surface area contributed by atoms with Crippen molar-refractivity contribution in [1.29, 1.82) is 0 Å². The van der Waals surface area contributed by atoms with Gasteiger partial charge in [-0.05, 0) is 55.9 Å². The van der Waals surface area contributed by atoms with Gasteiger partial charge in [-0.3, -0.25) is 10.1 Å². The summed E-state index contributed by atoms with van der Waals surface area (Å²) in [6, 6.07) is 7.55. The monoisotopic (exact) mass is 291 g/mol. The van der Waals surface area contributed by atoms with Crippen LogP contribution in [0.3, 0.4) is 0 Å². The maximum absolute atomic E-state index is 11.8. The first kappa shape index (κ1) is 14.2. The van der Waals surface area contributed by atoms with Gasteiger partial charge >= 0.3 is 5.97 Å². The van der Waals surface area contributed by atoms with Gasteiger partial charge in [0, 0.05) is 6.04 Å². The molecule has 2 saturated carbocycles. The van der Waals surface area contributed by atoms with Crippen LogP contribution in [0.2, 0.25) is 0 Å². The van der Waals surface area contributed by atoms with Crippen LogP contribution < -0.4 is 14.8 Å². The fourth-order valence-corrected chi connectivity index (χ4v) is 2.61. The summed E-state index contributed by atoms with van der Waals surface area (Å²) in [5, 5.41) is 13.0. The van der Waals surface area contributed by atoms with Crippen LogP contribution in [0.5, 0.6) is 11.5 Å². The minimum Gasteiger partial charge on any atom is -0.497 e. The van der Waals surface area contributed by atoms with Crippen LogP contribution in [0.15, 0.2) is 24.3 Å². The minimum absolute atomic E-state index is 0.163. The van der Waals surface area contributed by atoms with Gasteiger partial charge in [0.25, 0.3) is 0 Å². The van der Waals surface area contributed by atoms with Crippen molar-refractivity contribution in [2.45, 2.75) is 37.3 Å². The largest absolute Gasteiger partial charge is 0.497 e. The average molecular weight is 291 g/mol. The molecule has 0 heterocycles. The molecule has 2 aliphatic rings. The lowest BCUT2D eigenvalue weighted by Crippen LogP contribution is -2.59. The Morgan fingerprint density at radius 3 is 2.33 bits per heavy atom. The molecule has 2 aliphatic carbocycles. The van der Waals surface area contributed by atoms with E-state index in [9.17, 15) is 9.90 Å². The summed E-state index contributed by atoms with van der Waals surface area (Å²) in [4.78, 5) is 11.8. The molecule has 0 bridgehead atoms. The molecule has 2 N–H and O–H groups in total. The van der Waals surface area contributed by atoms with E-state index in [-0.39, 0.29) is 12.5 Å². The van der Waals surface area contributed by atoms with E-state index in [0.717, 1.165) is 31.4 Å². The average Bonchev–Trinajstić information content (AvgIpc) is 3.37. The normalized spacial score (nSPS) is 20.6. The molecular weight excluding hydrogens is 270 g/mol. The molecular formula is C16H21NO4. The second-order valence-electron chi connectivity index (χ2n) is 5.93. The molecule has 0 aromatic heterocycles. The lowest BCUT2D eigenvalue weighted by atomic mass is 9.94. The van der Waals surface area contributed by atoms with Crippen LogP contribution in [-0.2, 0) is 4.79 Å². The molecule has 1 aromatic carbocycles. The third kappa shape index (κ3) is 3.13. The van der Waals surface area contributed by atoms with E-state index < -0.39 is 11.5 Å². The van der Waals surface area contributed by atoms with Crippen LogP contribution in [0.1, 0.15) is 25.7 Å². The van der Waals surface area contributed by atoms with Crippen LogP contribution in [-0.4, -0.2) is 36.4 Å². The number of carboxylic acids is 1. The van der Waals surface area contributed by atoms with E-state index in [2.05, 4.69) is 5.32 Å². The number of rotatable bonds is 8. The first-order valence-corrected chi connectivity index (χ1v) is 7.42. The van der Waals surface area contributed by atoms with Crippen molar-refractivity contribution in [3.8, 4) is 11.5 Å². The number of hydrogen-bond donors (Lipinski definition) is 2. The van der Waals surface area contributed by atoms with Gasteiger partial charge in [-0.15, -0.1) is 0 Å². The number of benzene rings is 1. The third-order valence-electron chi connectivity index (χ3n) is 4.22. The molecule has 0 amide bonds. The fraction of sp³-hybridized carbons (Fsp3) is 0.562. The molecule has 0 saturated heterocycles. The van der Waals surface area contributed by atoms with Crippen molar-refractivity contribution in [2.24, 2.45) is 5.92 Å². The van der Waals surface area contributed by atoms with Crippen LogP contribution >= 0.6 is 0 Å². The number of aliphatic carboxylic acids is 1. The Bertz CT molecular complexity index is 508. The third-order valence-corrected chi connectivity index (χ3v) is 4.22. The highest BCUT2D eigenvalue weighted by Gasteiger charge is 2.54. The van der Waals surface area contributed by atoms with Crippen LogP contribution in [0, 0.1) is 5.92 Å². The summed E-state index contributed by atoms with van der Waals surface area (Å²) in [6.07, 6.45) is 4.03. The van der Waals surface area contributed by atoms with Gasteiger partial charge in [-0.1, -0.05) is 0 Å². The minimum atomic E-state index is -0.943. The van der Waals surface area contributed by atoms with Gasteiger partial charge < -0.3 is 14.6 Å². The number of nitrogens with one attached hydrogen (secondary N) is 1. The standard InChI is InChI=1S/C16H21NO4/c1-20-13-6-8-14(9-7-13)21-10-16(15(18)19,11-2-3-11)17-12-4-5-12/h6-9,11-12,17H,2-5,10H2,1H3,(H,18,19). The zero-order valence-electron chi connectivity index (χ0n) is 12.2. The van der Waals surface area contributed by atoms with Gasteiger partial charge in [0.15, 0.2) is 5.54 Å². The molecule has 0 spiro atoms. The molecule has 5 nitrogen and oxygen atoms in total. The maximum atomic E-state index is 11.8. The molecule has 1 atom stereocenters. The van der Waals surface area contributed by atoms with Crippen molar-refractivity contribution in [1.82, 2.24) is 5.32 Å². The number of carbonyl (C=O) groups is 1. The topological polar surface area (TPSA) is 67.8 Å². The zero-order valence-corrected chi connectivity index (χ0v) is 12.2. The van der Waals surface area contributed by atoms with Gasteiger partial charge in [0.1, 0.15) is 18.1 Å². The smallest absolute Gasteiger partial charge is 0.327 e. The summed E-state index contributed by atoms with van der Waals surface area (Å²) in [5.41, 5.74) is -0.943. The maximum Gasteiger partial charge on any atom is 0.327 e. The molecule has 3 rings (SSSR count). The van der Waals surface area contributed by atoms with E-state index in [1.54, 1.807) is 19.2 Å². The van der Waals surface area contributed by atoms with Crippen molar-refractivity contribution >= 4 is 5.97 Å². The molecule has 2 fully saturated rings. The Morgan fingerprint density at radius 1 is 1.24 bits per heavy atom. The highest BCUT2D eigenvalue weighted by molar-refractivity contribution is 5.80. The molecule has 1 unspecified atom stereocenters. The van der Waals surface area contributed by atoms with Crippen molar-refractivity contribution in [2.75, 3.05) is 13.7 Å². The predicted molar refractivity (Wildman–Crippen MR) is 77.7 cm³/mol. The molecule has 21 heavy (non-hydrogen) atoms. The molecule has 0 aliphatic heterocycles. The number of ether oxygens (including phenoxy) is 2. The van der Waals surface area contributed by atoms with E-state index in [1.165, 1.54) is 0 Å². The highest BCUT2D eigenvalue weighted by Crippen LogP contribution is 2.42. The lowest BCUT2D eigenvalue weighted by molar-refractivity contribution is -0.147. The van der Waals surface area contributed by atoms with Crippen molar-refractivity contribution in [3.63, 3.8) is 0 Å². The van der Waals surface area contributed by atoms with E-state index in [1.807, 2.05) is 12.1 Å². The lowest BCUT2D eigenvalue weighted by Gasteiger charge is -2.31. The first-order chi connectivity index (χ1) is 10.1. The second kappa shape index (κ2) is 5.56. The van der Waals surface area contributed by atoms with Crippen LogP contribution in [0.25, 0.3) is 0 Å². The fourth-order valence-electron chi connectivity index (χ4n) is 2.61. The summed E-state index contributed by atoms with van der Waals surface area (Å²) in [6.45, 7) is 0.163. The van der Waals surface area contributed by atoms with Gasteiger partial charge in [0.05, 0.1) is 7.11 Å². The predicted octanol–water partition coefficient (Wildman–Crippen LogP) is 2.06. The summed E-state index contributed by atoms with van der Waals surface area (Å²) >= 11 is 0. The van der Waals surface area contributed by atoms with Crippen molar-refractivity contribution < 1.29 is 19.4 Å². The molecule has 5 heteroatoms. The Kier molecular flexibility index (Phi) is 3.76. The highest BCUT2D eigenvalue weighted by atomic mass is 16.5. The summed E-state index contributed by atoms with van der Waals surface area (Å²) in [5.74, 6) is 0.795. The van der Waals surface area contributed by atoms with Gasteiger partial charge in [-0.2, -0.15) is 0 Å². The molecule has 114 valence electrons. The Labute approximate surface area is 124 Å². The number of carboxylic acid groups (broad SMARTS) is 1. The quantitative estimate of drug-likeness (QED) is 0.767. The van der Waals surface area contributed by atoms with Crippen LogP contribution in [0.4, 0.5) is 0 Å². The van der Waals surface area contributed by atoms with Gasteiger partial charge in [0.2, 0.25) is 0 Å². The first-order valence-electron chi connectivity index (χ1n) is 7.42. The van der Waals surface area contributed by atoms with E-state index >= 15 is 0 Å².